The number of benzene rings is 3. The molecule has 0 aliphatic carbocycles. The number of ether oxygens (including phenoxy) is 2. The summed E-state index contributed by atoms with van der Waals surface area (Å²) in [5.74, 6) is 0.546. The number of nitrogens with one attached hydrogen (secondary N) is 2. The largest absolute Gasteiger partial charge is 0.465 e. The van der Waals surface area contributed by atoms with Crippen LogP contribution in [0.25, 0.3) is 16.5 Å². The van der Waals surface area contributed by atoms with Crippen molar-refractivity contribution in [2.75, 3.05) is 17.7 Å². The van der Waals surface area contributed by atoms with Gasteiger partial charge >= 0.3 is 5.97 Å². The van der Waals surface area contributed by atoms with E-state index in [0.29, 0.717) is 22.6 Å². The lowest BCUT2D eigenvalue weighted by atomic mass is 10.0. The Kier molecular flexibility index (Phi) is 5.20. The van der Waals surface area contributed by atoms with Gasteiger partial charge in [0, 0.05) is 34.7 Å². The lowest BCUT2D eigenvalue weighted by molar-refractivity contribution is -0.110. The molecule has 7 nitrogen and oxygen atoms in total. The summed E-state index contributed by atoms with van der Waals surface area (Å²) in [6.07, 6.45) is 3.43. The highest BCUT2D eigenvalue weighted by Crippen LogP contribution is 2.37. The first-order valence-corrected chi connectivity index (χ1v) is 10.2. The van der Waals surface area contributed by atoms with E-state index in [1.807, 2.05) is 36.4 Å². The van der Waals surface area contributed by atoms with E-state index in [1.54, 1.807) is 48.8 Å². The molecule has 0 unspecified atom stereocenters. The van der Waals surface area contributed by atoms with Crippen molar-refractivity contribution >= 4 is 39.7 Å². The zero-order valence-corrected chi connectivity index (χ0v) is 17.7. The van der Waals surface area contributed by atoms with E-state index in [4.69, 9.17) is 9.47 Å². The standard InChI is InChI=1S/C26H19N3O4/c1-32-26(31)16-4-2-5-19(14-16)33-18-9-7-17(8-10-18)28-15-21-24-20-6-3-13-27-22(20)11-12-23(24)29-25(21)30/h2-15,28H,1H3,(H,29,30). The van der Waals surface area contributed by atoms with Gasteiger partial charge in [-0.25, -0.2) is 4.79 Å². The third-order valence-corrected chi connectivity index (χ3v) is 5.28. The Morgan fingerprint density at radius 1 is 1.00 bits per heavy atom. The highest BCUT2D eigenvalue weighted by molar-refractivity contribution is 6.34. The topological polar surface area (TPSA) is 89.5 Å². The molecular weight excluding hydrogens is 418 g/mol. The first-order chi connectivity index (χ1) is 16.1. The first kappa shape index (κ1) is 20.3. The molecule has 5 rings (SSSR count). The number of nitrogens with zero attached hydrogens (tertiary/aromatic N) is 1. The molecule has 2 heterocycles. The number of methoxy groups -OCH3 is 1. The third kappa shape index (κ3) is 3.99. The van der Waals surface area contributed by atoms with E-state index in [-0.39, 0.29) is 5.91 Å². The summed E-state index contributed by atoms with van der Waals surface area (Å²) in [4.78, 5) is 28.6. The van der Waals surface area contributed by atoms with Gasteiger partial charge in [0.2, 0.25) is 0 Å². The van der Waals surface area contributed by atoms with Gasteiger partial charge in [0.25, 0.3) is 5.91 Å². The van der Waals surface area contributed by atoms with Crippen molar-refractivity contribution in [2.45, 2.75) is 0 Å². The third-order valence-electron chi connectivity index (χ3n) is 5.28. The second-order valence-electron chi connectivity index (χ2n) is 7.36. The van der Waals surface area contributed by atoms with Crippen molar-refractivity contribution in [3.05, 3.63) is 96.3 Å². The van der Waals surface area contributed by atoms with Gasteiger partial charge in [-0.1, -0.05) is 12.1 Å². The summed E-state index contributed by atoms with van der Waals surface area (Å²) in [6.45, 7) is 0. The second-order valence-corrected chi connectivity index (χ2v) is 7.36. The lowest BCUT2D eigenvalue weighted by Gasteiger charge is -2.09. The van der Waals surface area contributed by atoms with Crippen LogP contribution in [0.1, 0.15) is 15.9 Å². The van der Waals surface area contributed by atoms with E-state index in [9.17, 15) is 9.59 Å². The average molecular weight is 437 g/mol. The number of fused-ring (bicyclic) bond motifs is 3. The molecule has 1 amide bonds. The normalized spacial score (nSPS) is 13.5. The molecule has 0 saturated heterocycles. The number of hydrogen-bond acceptors (Lipinski definition) is 6. The summed E-state index contributed by atoms with van der Waals surface area (Å²) < 4.78 is 10.6. The number of esters is 1. The molecule has 0 spiro atoms. The Morgan fingerprint density at radius 2 is 1.85 bits per heavy atom. The highest BCUT2D eigenvalue weighted by Gasteiger charge is 2.26. The van der Waals surface area contributed by atoms with Crippen LogP contribution in [0.3, 0.4) is 0 Å². The molecule has 162 valence electrons. The number of carbonyl (C=O) groups is 2. The van der Waals surface area contributed by atoms with Crippen LogP contribution in [0.4, 0.5) is 11.4 Å². The molecule has 2 N–H and O–H groups in total. The minimum absolute atomic E-state index is 0.167. The minimum Gasteiger partial charge on any atom is -0.465 e. The summed E-state index contributed by atoms with van der Waals surface area (Å²) in [5, 5.41) is 7.00. The van der Waals surface area contributed by atoms with E-state index in [2.05, 4.69) is 15.6 Å². The van der Waals surface area contributed by atoms with Crippen LogP contribution >= 0.6 is 0 Å². The van der Waals surface area contributed by atoms with Crippen molar-refractivity contribution in [2.24, 2.45) is 0 Å². The molecule has 1 aliphatic rings. The zero-order valence-electron chi connectivity index (χ0n) is 17.7. The van der Waals surface area contributed by atoms with Gasteiger partial charge in [-0.3, -0.25) is 9.78 Å². The number of hydrogen-bond donors (Lipinski definition) is 2. The van der Waals surface area contributed by atoms with E-state index >= 15 is 0 Å². The summed E-state index contributed by atoms with van der Waals surface area (Å²) in [6, 6.07) is 21.6. The monoisotopic (exact) mass is 437 g/mol. The molecule has 0 saturated carbocycles. The lowest BCUT2D eigenvalue weighted by Crippen LogP contribution is -2.05. The highest BCUT2D eigenvalue weighted by atomic mass is 16.5. The number of carbonyl (C=O) groups excluding carboxylic acids is 2. The van der Waals surface area contributed by atoms with Crippen LogP contribution in [0.15, 0.2) is 85.2 Å². The molecule has 33 heavy (non-hydrogen) atoms. The van der Waals surface area contributed by atoms with Crippen LogP contribution in [-0.2, 0) is 9.53 Å². The van der Waals surface area contributed by atoms with Gasteiger partial charge in [-0.15, -0.1) is 0 Å². The molecular formula is C26H19N3O4. The van der Waals surface area contributed by atoms with Gasteiger partial charge in [-0.2, -0.15) is 0 Å². The molecule has 4 aromatic rings. The minimum atomic E-state index is -0.422. The van der Waals surface area contributed by atoms with Gasteiger partial charge in [-0.05, 0) is 60.7 Å². The Hall–Kier alpha value is -4.65. The van der Waals surface area contributed by atoms with Gasteiger partial charge in [0.05, 0.1) is 23.8 Å². The van der Waals surface area contributed by atoms with E-state index in [0.717, 1.165) is 27.8 Å². The molecule has 3 aromatic carbocycles. The zero-order chi connectivity index (χ0) is 22.8. The maximum atomic E-state index is 12.6. The first-order valence-electron chi connectivity index (χ1n) is 10.2. The maximum absolute atomic E-state index is 12.6. The summed E-state index contributed by atoms with van der Waals surface area (Å²) in [5.41, 5.74) is 4.19. The molecule has 0 bridgehead atoms. The number of anilines is 2. The summed E-state index contributed by atoms with van der Waals surface area (Å²) in [7, 11) is 1.34. The van der Waals surface area contributed by atoms with Crippen LogP contribution in [-0.4, -0.2) is 24.0 Å². The molecule has 1 aromatic heterocycles. The molecule has 1 aliphatic heterocycles. The van der Waals surface area contributed by atoms with Crippen LogP contribution < -0.4 is 15.4 Å². The number of rotatable bonds is 5. The van der Waals surface area contributed by atoms with E-state index < -0.39 is 5.97 Å². The van der Waals surface area contributed by atoms with Gasteiger partial charge in [0.15, 0.2) is 0 Å². The van der Waals surface area contributed by atoms with Crippen molar-refractivity contribution in [1.82, 2.24) is 4.98 Å². The molecule has 7 heteroatoms. The number of aromatic nitrogens is 1. The van der Waals surface area contributed by atoms with Crippen molar-refractivity contribution in [3.63, 3.8) is 0 Å². The smallest absolute Gasteiger partial charge is 0.337 e. The van der Waals surface area contributed by atoms with Crippen molar-refractivity contribution < 1.29 is 19.1 Å². The van der Waals surface area contributed by atoms with Crippen molar-refractivity contribution in [1.29, 1.82) is 0 Å². The van der Waals surface area contributed by atoms with Crippen LogP contribution in [0.5, 0.6) is 11.5 Å². The Labute approximate surface area is 189 Å². The van der Waals surface area contributed by atoms with Crippen LogP contribution in [0.2, 0.25) is 0 Å². The average Bonchev–Trinajstić information content (AvgIpc) is 3.18. The molecule has 0 fully saturated rings. The fourth-order valence-electron chi connectivity index (χ4n) is 3.70. The van der Waals surface area contributed by atoms with Gasteiger partial charge in [0.1, 0.15) is 11.5 Å². The van der Waals surface area contributed by atoms with Gasteiger partial charge < -0.3 is 20.1 Å². The Bertz CT molecular complexity index is 1410. The quantitative estimate of drug-likeness (QED) is 0.329. The number of amides is 1. The molecule has 0 atom stereocenters. The summed E-state index contributed by atoms with van der Waals surface area (Å²) >= 11 is 0. The Balaban J connectivity index is 1.34. The number of pyridine rings is 1. The fraction of sp³-hybridized carbons (Fsp3) is 0.0385. The molecule has 0 radical (unpaired) electrons. The SMILES string of the molecule is COC(=O)c1cccc(Oc2ccc(NC=C3C(=O)Nc4ccc5ncccc5c43)cc2)c1. The van der Waals surface area contributed by atoms with Crippen LogP contribution in [0, 0.1) is 0 Å². The fourth-order valence-corrected chi connectivity index (χ4v) is 3.70. The maximum Gasteiger partial charge on any atom is 0.337 e. The van der Waals surface area contributed by atoms with E-state index in [1.165, 1.54) is 7.11 Å². The Morgan fingerprint density at radius 3 is 2.67 bits per heavy atom. The van der Waals surface area contributed by atoms with Crippen molar-refractivity contribution in [3.8, 4) is 11.5 Å². The predicted octanol–water partition coefficient (Wildman–Crippen LogP) is 5.22. The predicted molar refractivity (Wildman–Crippen MR) is 126 cm³/mol. The second kappa shape index (κ2) is 8.47.